The van der Waals surface area contributed by atoms with Crippen molar-refractivity contribution in [1.82, 2.24) is 0 Å². The van der Waals surface area contributed by atoms with Crippen molar-refractivity contribution in [2.45, 2.75) is 32.8 Å². The second-order valence-corrected chi connectivity index (χ2v) is 5.11. The van der Waals surface area contributed by atoms with Crippen molar-refractivity contribution in [2.24, 2.45) is 5.92 Å². The van der Waals surface area contributed by atoms with Crippen LogP contribution in [0, 0.1) is 19.8 Å². The maximum absolute atomic E-state index is 10.4. The number of hydrogen-bond acceptors (Lipinski definition) is 3. The molecule has 100 valence electrons. The third-order valence-corrected chi connectivity index (χ3v) is 3.67. The van der Waals surface area contributed by atoms with E-state index in [0.29, 0.717) is 6.61 Å². The molecular formula is C15H22O3. The quantitative estimate of drug-likeness (QED) is 0.896. The SMILES string of the molecule is COc1c(C)cc(C(O)C2CCCOC2)cc1C. The van der Waals surface area contributed by atoms with Crippen LogP contribution >= 0.6 is 0 Å². The van der Waals surface area contributed by atoms with Gasteiger partial charge in [0.15, 0.2) is 0 Å². The number of aliphatic hydroxyl groups excluding tert-OH is 1. The summed E-state index contributed by atoms with van der Waals surface area (Å²) >= 11 is 0. The molecule has 0 radical (unpaired) electrons. The summed E-state index contributed by atoms with van der Waals surface area (Å²) in [5.41, 5.74) is 3.12. The zero-order valence-electron chi connectivity index (χ0n) is 11.4. The van der Waals surface area contributed by atoms with Crippen molar-refractivity contribution in [3.63, 3.8) is 0 Å². The van der Waals surface area contributed by atoms with Crippen LogP contribution in [0.15, 0.2) is 12.1 Å². The molecule has 0 spiro atoms. The third kappa shape index (κ3) is 2.68. The lowest BCUT2D eigenvalue weighted by Gasteiger charge is -2.27. The van der Waals surface area contributed by atoms with Gasteiger partial charge < -0.3 is 14.6 Å². The summed E-state index contributed by atoms with van der Waals surface area (Å²) in [6, 6.07) is 4.04. The maximum atomic E-state index is 10.4. The van der Waals surface area contributed by atoms with Crippen LogP contribution in [0.2, 0.25) is 0 Å². The van der Waals surface area contributed by atoms with Gasteiger partial charge in [-0.05, 0) is 55.5 Å². The molecule has 2 rings (SSSR count). The molecule has 1 saturated heterocycles. The van der Waals surface area contributed by atoms with Crippen LogP contribution in [0.5, 0.6) is 5.75 Å². The number of hydrogen-bond donors (Lipinski definition) is 1. The first-order valence-electron chi connectivity index (χ1n) is 6.54. The van der Waals surface area contributed by atoms with Gasteiger partial charge in [-0.2, -0.15) is 0 Å². The van der Waals surface area contributed by atoms with Gasteiger partial charge in [0.25, 0.3) is 0 Å². The normalized spacial score (nSPS) is 21.7. The number of methoxy groups -OCH3 is 1. The summed E-state index contributed by atoms with van der Waals surface area (Å²) in [6.07, 6.45) is 1.63. The Bertz CT molecular complexity index is 385. The molecule has 0 saturated carbocycles. The molecule has 1 aliphatic heterocycles. The van der Waals surface area contributed by atoms with Gasteiger partial charge in [-0.25, -0.2) is 0 Å². The predicted molar refractivity (Wildman–Crippen MR) is 71.0 cm³/mol. The first kappa shape index (κ1) is 13.4. The van der Waals surface area contributed by atoms with E-state index >= 15 is 0 Å². The van der Waals surface area contributed by atoms with Gasteiger partial charge in [0.05, 0.1) is 19.8 Å². The van der Waals surface area contributed by atoms with Crippen LogP contribution < -0.4 is 4.74 Å². The first-order chi connectivity index (χ1) is 8.63. The molecule has 1 aromatic carbocycles. The molecule has 18 heavy (non-hydrogen) atoms. The van der Waals surface area contributed by atoms with Gasteiger partial charge >= 0.3 is 0 Å². The fourth-order valence-electron chi connectivity index (χ4n) is 2.76. The van der Waals surface area contributed by atoms with Crippen LogP contribution in [0.3, 0.4) is 0 Å². The Labute approximate surface area is 109 Å². The third-order valence-electron chi connectivity index (χ3n) is 3.67. The average Bonchev–Trinajstić information content (AvgIpc) is 2.38. The molecule has 3 nitrogen and oxygen atoms in total. The number of ether oxygens (including phenoxy) is 2. The second-order valence-electron chi connectivity index (χ2n) is 5.11. The van der Waals surface area contributed by atoms with E-state index in [-0.39, 0.29) is 5.92 Å². The summed E-state index contributed by atoms with van der Waals surface area (Å²) in [7, 11) is 1.68. The van der Waals surface area contributed by atoms with E-state index in [4.69, 9.17) is 9.47 Å². The highest BCUT2D eigenvalue weighted by Gasteiger charge is 2.24. The molecule has 1 aliphatic rings. The number of rotatable bonds is 3. The number of benzene rings is 1. The van der Waals surface area contributed by atoms with Gasteiger partial charge in [0.2, 0.25) is 0 Å². The number of aliphatic hydroxyl groups is 1. The Morgan fingerprint density at radius 1 is 1.33 bits per heavy atom. The van der Waals surface area contributed by atoms with Gasteiger partial charge in [0, 0.05) is 12.5 Å². The lowest BCUT2D eigenvalue weighted by Crippen LogP contribution is -2.23. The van der Waals surface area contributed by atoms with Crippen LogP contribution in [0.25, 0.3) is 0 Å². The maximum Gasteiger partial charge on any atom is 0.124 e. The summed E-state index contributed by atoms with van der Waals surface area (Å²) in [4.78, 5) is 0. The highest BCUT2D eigenvalue weighted by Crippen LogP contribution is 2.33. The molecule has 3 heteroatoms. The van der Waals surface area contributed by atoms with Crippen molar-refractivity contribution in [3.05, 3.63) is 28.8 Å². The molecule has 1 N–H and O–H groups in total. The van der Waals surface area contributed by atoms with Crippen LogP contribution in [0.4, 0.5) is 0 Å². The van der Waals surface area contributed by atoms with E-state index in [2.05, 4.69) is 0 Å². The van der Waals surface area contributed by atoms with Gasteiger partial charge in [-0.15, -0.1) is 0 Å². The zero-order valence-corrected chi connectivity index (χ0v) is 11.4. The molecule has 0 aromatic heterocycles. The van der Waals surface area contributed by atoms with Crippen LogP contribution in [-0.2, 0) is 4.74 Å². The average molecular weight is 250 g/mol. The highest BCUT2D eigenvalue weighted by atomic mass is 16.5. The molecule has 0 amide bonds. The fraction of sp³-hybridized carbons (Fsp3) is 0.600. The van der Waals surface area contributed by atoms with E-state index in [0.717, 1.165) is 41.9 Å². The molecule has 0 aliphatic carbocycles. The summed E-state index contributed by atoms with van der Waals surface area (Å²) in [5.74, 6) is 1.12. The predicted octanol–water partition coefficient (Wildman–Crippen LogP) is 2.77. The molecule has 1 fully saturated rings. The van der Waals surface area contributed by atoms with E-state index in [1.807, 2.05) is 26.0 Å². The number of aryl methyl sites for hydroxylation is 2. The van der Waals surface area contributed by atoms with Crippen molar-refractivity contribution in [1.29, 1.82) is 0 Å². The molecule has 1 aromatic rings. The second kappa shape index (κ2) is 5.72. The molecule has 1 heterocycles. The zero-order chi connectivity index (χ0) is 13.1. The molecule has 0 bridgehead atoms. The van der Waals surface area contributed by atoms with E-state index in [1.54, 1.807) is 7.11 Å². The van der Waals surface area contributed by atoms with Gasteiger partial charge in [-0.3, -0.25) is 0 Å². The van der Waals surface area contributed by atoms with Crippen molar-refractivity contribution in [2.75, 3.05) is 20.3 Å². The first-order valence-corrected chi connectivity index (χ1v) is 6.54. The van der Waals surface area contributed by atoms with Crippen molar-refractivity contribution < 1.29 is 14.6 Å². The van der Waals surface area contributed by atoms with E-state index < -0.39 is 6.10 Å². The summed E-state index contributed by atoms with van der Waals surface area (Å²) < 4.78 is 10.8. The molecular weight excluding hydrogens is 228 g/mol. The Kier molecular flexibility index (Phi) is 4.25. The highest BCUT2D eigenvalue weighted by molar-refractivity contribution is 5.44. The standard InChI is InChI=1S/C15H22O3/c1-10-7-13(8-11(2)15(10)17-3)14(16)12-5-4-6-18-9-12/h7-8,12,14,16H,4-6,9H2,1-3H3. The molecule has 2 atom stereocenters. The van der Waals surface area contributed by atoms with Gasteiger partial charge in [-0.1, -0.05) is 0 Å². The topological polar surface area (TPSA) is 38.7 Å². The smallest absolute Gasteiger partial charge is 0.124 e. The summed E-state index contributed by atoms with van der Waals surface area (Å²) in [6.45, 7) is 5.51. The van der Waals surface area contributed by atoms with Crippen LogP contribution in [-0.4, -0.2) is 25.4 Å². The lowest BCUT2D eigenvalue weighted by atomic mass is 9.89. The lowest BCUT2D eigenvalue weighted by molar-refractivity contribution is -0.0100. The van der Waals surface area contributed by atoms with Crippen molar-refractivity contribution in [3.8, 4) is 5.75 Å². The van der Waals surface area contributed by atoms with Gasteiger partial charge in [0.1, 0.15) is 5.75 Å². The largest absolute Gasteiger partial charge is 0.496 e. The minimum Gasteiger partial charge on any atom is -0.496 e. The Morgan fingerprint density at radius 2 is 2.00 bits per heavy atom. The Hall–Kier alpha value is -1.06. The van der Waals surface area contributed by atoms with E-state index in [9.17, 15) is 5.11 Å². The minimum absolute atomic E-state index is 0.214. The molecule has 2 unspecified atom stereocenters. The van der Waals surface area contributed by atoms with Crippen molar-refractivity contribution >= 4 is 0 Å². The monoisotopic (exact) mass is 250 g/mol. The Morgan fingerprint density at radius 3 is 2.50 bits per heavy atom. The van der Waals surface area contributed by atoms with Crippen LogP contribution in [0.1, 0.15) is 35.6 Å². The fourth-order valence-corrected chi connectivity index (χ4v) is 2.76. The minimum atomic E-state index is -0.436. The Balaban J connectivity index is 2.22. The van der Waals surface area contributed by atoms with E-state index in [1.165, 1.54) is 0 Å². The summed E-state index contributed by atoms with van der Waals surface area (Å²) in [5, 5.41) is 10.4.